The third kappa shape index (κ3) is 4.22. The predicted molar refractivity (Wildman–Crippen MR) is 130 cm³/mol. The lowest BCUT2D eigenvalue weighted by molar-refractivity contribution is -0.162. The summed E-state index contributed by atoms with van der Waals surface area (Å²) in [7, 11) is 0. The third-order valence-electron chi connectivity index (χ3n) is 7.94. The third-order valence-corrected chi connectivity index (χ3v) is 7.94. The molecule has 6 atom stereocenters. The van der Waals surface area contributed by atoms with Gasteiger partial charge in [0.2, 0.25) is 11.8 Å². The molecule has 4 heterocycles. The molecule has 1 unspecified atom stereocenters. The first kappa shape index (κ1) is 25.9. The van der Waals surface area contributed by atoms with E-state index in [1.165, 1.54) is 4.90 Å². The summed E-state index contributed by atoms with van der Waals surface area (Å²) in [5.41, 5.74) is -2.41. The number of aliphatic hydroxyl groups excluding tert-OH is 1. The van der Waals surface area contributed by atoms with Crippen molar-refractivity contribution in [3.8, 4) is 0 Å². The smallest absolute Gasteiger partial charge is 0.313 e. The molecule has 0 aromatic heterocycles. The fourth-order valence-corrected chi connectivity index (χ4v) is 6.43. The SMILES string of the molecule is CC(C)C[C@H](CO)N1C(=O)[C@@H]2[C@@H]3C(=O)OCCCC/C=C\[C@]3(C)O[C@@]23C=CCN(C(C)C)C(=O)C13. The highest BCUT2D eigenvalue weighted by Gasteiger charge is 2.75. The van der Waals surface area contributed by atoms with Gasteiger partial charge in [-0.05, 0) is 52.4 Å². The Morgan fingerprint density at radius 2 is 1.80 bits per heavy atom. The summed E-state index contributed by atoms with van der Waals surface area (Å²) in [6.45, 7) is 10.2. The molecule has 1 N–H and O–H groups in total. The standard InChI is InChI=1S/C27H40N2O6/c1-17(2)15-19(16-30)29-22-24(32)28(18(3)4)13-10-12-27(22)20(23(29)31)21-25(33)34-14-9-7-6-8-11-26(21,5)35-27/h8,10-12,17-22,30H,6-7,9,13-16H2,1-5H3/b11-8-/t19-,20+,21-,22?,26+,27+/m1/s1. The highest BCUT2D eigenvalue weighted by atomic mass is 16.6. The first-order chi connectivity index (χ1) is 16.6. The molecule has 2 amide bonds. The van der Waals surface area contributed by atoms with E-state index in [0.717, 1.165) is 19.3 Å². The van der Waals surface area contributed by atoms with Gasteiger partial charge in [-0.3, -0.25) is 14.4 Å². The van der Waals surface area contributed by atoms with Gasteiger partial charge < -0.3 is 24.4 Å². The number of carbonyl (C=O) groups is 3. The van der Waals surface area contributed by atoms with Crippen LogP contribution in [0.15, 0.2) is 24.3 Å². The molecule has 0 bridgehead atoms. The lowest BCUT2D eigenvalue weighted by Crippen LogP contribution is -2.59. The summed E-state index contributed by atoms with van der Waals surface area (Å²) in [4.78, 5) is 45.1. The molecule has 0 aromatic carbocycles. The van der Waals surface area contributed by atoms with Crippen LogP contribution >= 0.6 is 0 Å². The zero-order valence-corrected chi connectivity index (χ0v) is 21.6. The molecular weight excluding hydrogens is 448 g/mol. The maximum absolute atomic E-state index is 14.3. The molecule has 0 saturated carbocycles. The minimum Gasteiger partial charge on any atom is -0.465 e. The Balaban J connectivity index is 1.89. The molecule has 4 aliphatic rings. The minimum absolute atomic E-state index is 0.0847. The molecule has 0 aromatic rings. The van der Waals surface area contributed by atoms with Crippen LogP contribution in [0.25, 0.3) is 0 Å². The van der Waals surface area contributed by atoms with Crippen molar-refractivity contribution < 1.29 is 29.0 Å². The second-order valence-corrected chi connectivity index (χ2v) is 11.3. The fraction of sp³-hybridized carbons (Fsp3) is 0.741. The minimum atomic E-state index is -1.32. The largest absolute Gasteiger partial charge is 0.465 e. The lowest BCUT2D eigenvalue weighted by Gasteiger charge is -2.41. The van der Waals surface area contributed by atoms with Gasteiger partial charge in [0, 0.05) is 12.6 Å². The van der Waals surface area contributed by atoms with Gasteiger partial charge in [-0.25, -0.2) is 0 Å². The number of likely N-dealkylation sites (tertiary alicyclic amines) is 1. The summed E-state index contributed by atoms with van der Waals surface area (Å²) in [6, 6.07) is -1.60. The first-order valence-electron chi connectivity index (χ1n) is 13.0. The number of nitrogens with zero attached hydrogens (tertiary/aromatic N) is 2. The normalized spacial score (nSPS) is 37.1. The molecular formula is C27H40N2O6. The van der Waals surface area contributed by atoms with Crippen LogP contribution in [-0.4, -0.2) is 81.8 Å². The number of rotatable bonds is 5. The Hall–Kier alpha value is -2.19. The van der Waals surface area contributed by atoms with Crippen molar-refractivity contribution in [3.63, 3.8) is 0 Å². The number of allylic oxidation sites excluding steroid dienone is 1. The second kappa shape index (κ2) is 9.69. The molecule has 35 heavy (non-hydrogen) atoms. The number of hydrogen-bond donors (Lipinski definition) is 1. The van der Waals surface area contributed by atoms with E-state index in [2.05, 4.69) is 0 Å². The monoisotopic (exact) mass is 488 g/mol. The number of amides is 2. The second-order valence-electron chi connectivity index (χ2n) is 11.3. The molecule has 4 aliphatic heterocycles. The van der Waals surface area contributed by atoms with Gasteiger partial charge in [0.15, 0.2) is 0 Å². The van der Waals surface area contributed by atoms with E-state index in [4.69, 9.17) is 9.47 Å². The van der Waals surface area contributed by atoms with E-state index in [9.17, 15) is 19.5 Å². The predicted octanol–water partition coefficient (Wildman–Crippen LogP) is 2.45. The van der Waals surface area contributed by atoms with Gasteiger partial charge in [-0.1, -0.05) is 38.2 Å². The molecule has 8 heteroatoms. The fourth-order valence-electron chi connectivity index (χ4n) is 6.43. The van der Waals surface area contributed by atoms with Gasteiger partial charge >= 0.3 is 5.97 Å². The zero-order chi connectivity index (χ0) is 25.5. The lowest BCUT2D eigenvalue weighted by atomic mass is 9.74. The van der Waals surface area contributed by atoms with Crippen LogP contribution < -0.4 is 0 Å². The number of esters is 1. The quantitative estimate of drug-likeness (QED) is 0.472. The molecule has 0 aliphatic carbocycles. The Morgan fingerprint density at radius 3 is 2.46 bits per heavy atom. The highest BCUT2D eigenvalue weighted by Crippen LogP contribution is 2.57. The molecule has 8 nitrogen and oxygen atoms in total. The molecule has 2 saturated heterocycles. The summed E-state index contributed by atoms with van der Waals surface area (Å²) in [5, 5.41) is 10.3. The van der Waals surface area contributed by atoms with Crippen molar-refractivity contribution in [1.29, 1.82) is 0 Å². The van der Waals surface area contributed by atoms with E-state index in [1.807, 2.05) is 58.9 Å². The van der Waals surface area contributed by atoms with Crippen molar-refractivity contribution in [3.05, 3.63) is 24.3 Å². The summed E-state index contributed by atoms with van der Waals surface area (Å²) < 4.78 is 12.4. The van der Waals surface area contributed by atoms with Gasteiger partial charge in [0.05, 0.1) is 30.8 Å². The van der Waals surface area contributed by atoms with Crippen molar-refractivity contribution in [2.45, 2.75) is 89.6 Å². The maximum Gasteiger partial charge on any atom is 0.313 e. The van der Waals surface area contributed by atoms with E-state index >= 15 is 0 Å². The zero-order valence-electron chi connectivity index (χ0n) is 21.6. The van der Waals surface area contributed by atoms with Crippen LogP contribution in [0.1, 0.15) is 60.3 Å². The number of ether oxygens (including phenoxy) is 2. The average molecular weight is 489 g/mol. The van der Waals surface area contributed by atoms with Crippen molar-refractivity contribution in [2.24, 2.45) is 17.8 Å². The maximum atomic E-state index is 14.3. The van der Waals surface area contributed by atoms with Gasteiger partial charge in [-0.15, -0.1) is 0 Å². The molecule has 0 radical (unpaired) electrons. The van der Waals surface area contributed by atoms with E-state index < -0.39 is 41.1 Å². The van der Waals surface area contributed by atoms with Crippen molar-refractivity contribution >= 4 is 17.8 Å². The molecule has 4 rings (SSSR count). The Kier molecular flexibility index (Phi) is 7.17. The Labute approximate surface area is 208 Å². The van der Waals surface area contributed by atoms with Crippen LogP contribution in [0.4, 0.5) is 0 Å². The topological polar surface area (TPSA) is 96.4 Å². The van der Waals surface area contributed by atoms with Crippen molar-refractivity contribution in [1.82, 2.24) is 9.80 Å². The van der Waals surface area contributed by atoms with Crippen LogP contribution in [0.5, 0.6) is 0 Å². The van der Waals surface area contributed by atoms with Gasteiger partial charge in [0.1, 0.15) is 17.6 Å². The number of cyclic esters (lactones) is 1. The van der Waals surface area contributed by atoms with E-state index in [1.54, 1.807) is 4.90 Å². The first-order valence-corrected chi connectivity index (χ1v) is 13.0. The summed E-state index contributed by atoms with van der Waals surface area (Å²) in [6.07, 6.45) is 10.6. The van der Waals surface area contributed by atoms with Crippen LogP contribution in [0.2, 0.25) is 0 Å². The van der Waals surface area contributed by atoms with E-state index in [-0.39, 0.29) is 30.4 Å². The molecule has 2 fully saturated rings. The van der Waals surface area contributed by atoms with E-state index in [0.29, 0.717) is 19.6 Å². The Bertz CT molecular complexity index is 913. The molecule has 194 valence electrons. The van der Waals surface area contributed by atoms with Crippen LogP contribution in [0, 0.1) is 17.8 Å². The Morgan fingerprint density at radius 1 is 1.06 bits per heavy atom. The number of fused-ring (bicyclic) bond motifs is 2. The van der Waals surface area contributed by atoms with Crippen LogP contribution in [0.3, 0.4) is 0 Å². The highest BCUT2D eigenvalue weighted by molar-refractivity contribution is 5.99. The average Bonchev–Trinajstić information content (AvgIpc) is 3.11. The number of aliphatic hydroxyl groups is 1. The van der Waals surface area contributed by atoms with Crippen LogP contribution in [-0.2, 0) is 23.9 Å². The van der Waals surface area contributed by atoms with Gasteiger partial charge in [0.25, 0.3) is 0 Å². The van der Waals surface area contributed by atoms with Crippen molar-refractivity contribution in [2.75, 3.05) is 19.8 Å². The summed E-state index contributed by atoms with van der Waals surface area (Å²) >= 11 is 0. The van der Waals surface area contributed by atoms with Gasteiger partial charge in [-0.2, -0.15) is 0 Å². The number of carbonyl (C=O) groups excluding carboxylic acids is 3. The summed E-state index contributed by atoms with van der Waals surface area (Å²) in [5.74, 6) is -2.62. The molecule has 1 spiro atoms. The number of hydrogen-bond acceptors (Lipinski definition) is 6.